The van der Waals surface area contributed by atoms with Crippen LogP contribution in [0.25, 0.3) is 0 Å². The Labute approximate surface area is 125 Å². The van der Waals surface area contributed by atoms with Crippen LogP contribution in [0.3, 0.4) is 0 Å². The van der Waals surface area contributed by atoms with Gasteiger partial charge >= 0.3 is 0 Å². The van der Waals surface area contributed by atoms with Crippen LogP contribution in [0, 0.1) is 0 Å². The van der Waals surface area contributed by atoms with E-state index < -0.39 is 10.1 Å². The highest BCUT2D eigenvalue weighted by atomic mass is 35.5. The van der Waals surface area contributed by atoms with Gasteiger partial charge in [0.15, 0.2) is 0 Å². The molecule has 0 bridgehead atoms. The molecule has 8 heteroatoms. The average molecular weight is 334 g/mol. The van der Waals surface area contributed by atoms with Crippen LogP contribution in [0.4, 0.5) is 5.69 Å². The Balaban J connectivity index is 2.35. The van der Waals surface area contributed by atoms with Crippen LogP contribution in [0.1, 0.15) is 0 Å². The highest BCUT2D eigenvalue weighted by molar-refractivity contribution is 7.85. The van der Waals surface area contributed by atoms with Crippen LogP contribution >= 0.6 is 23.2 Å². The minimum atomic E-state index is -4.31. The second-order valence-electron chi connectivity index (χ2n) is 3.85. The number of anilines is 1. The summed E-state index contributed by atoms with van der Waals surface area (Å²) in [6.45, 7) is 0. The Morgan fingerprint density at radius 2 is 1.70 bits per heavy atom. The predicted molar refractivity (Wildman–Crippen MR) is 77.2 cm³/mol. The molecule has 0 heterocycles. The molecule has 5 nitrogen and oxygen atoms in total. The number of nitrogens with two attached hydrogens (primary N) is 1. The molecule has 0 atom stereocenters. The summed E-state index contributed by atoms with van der Waals surface area (Å²) in [5.74, 6) is 0.531. The van der Waals surface area contributed by atoms with Gasteiger partial charge in [-0.05, 0) is 36.4 Å². The molecular weight excluding hydrogens is 325 g/mol. The van der Waals surface area contributed by atoms with Crippen molar-refractivity contribution in [3.63, 3.8) is 0 Å². The SMILES string of the molecule is Nc1cc(S(=O)(=O)O)ccc1Oc1ccc(Cl)cc1Cl. The largest absolute Gasteiger partial charge is 0.454 e. The van der Waals surface area contributed by atoms with Crippen LogP contribution in [0.2, 0.25) is 10.0 Å². The fourth-order valence-electron chi connectivity index (χ4n) is 1.46. The Kier molecular flexibility index (Phi) is 4.10. The molecule has 0 saturated carbocycles. The molecule has 0 saturated heterocycles. The Morgan fingerprint density at radius 3 is 2.25 bits per heavy atom. The van der Waals surface area contributed by atoms with E-state index in [2.05, 4.69) is 0 Å². The lowest BCUT2D eigenvalue weighted by molar-refractivity contribution is 0.479. The van der Waals surface area contributed by atoms with Gasteiger partial charge in [0.2, 0.25) is 0 Å². The average Bonchev–Trinajstić information content (AvgIpc) is 2.33. The van der Waals surface area contributed by atoms with Crippen LogP contribution < -0.4 is 10.5 Å². The van der Waals surface area contributed by atoms with E-state index in [4.69, 9.17) is 38.2 Å². The molecule has 0 unspecified atom stereocenters. The lowest BCUT2D eigenvalue weighted by atomic mass is 10.3. The summed E-state index contributed by atoms with van der Waals surface area (Å²) in [6.07, 6.45) is 0. The van der Waals surface area contributed by atoms with Gasteiger partial charge in [-0.25, -0.2) is 0 Å². The van der Waals surface area contributed by atoms with Crippen molar-refractivity contribution in [1.82, 2.24) is 0 Å². The molecule has 0 fully saturated rings. The van der Waals surface area contributed by atoms with Crippen LogP contribution in [-0.2, 0) is 10.1 Å². The molecule has 106 valence electrons. The highest BCUT2D eigenvalue weighted by Gasteiger charge is 2.13. The lowest BCUT2D eigenvalue weighted by Crippen LogP contribution is -2.00. The standard InChI is InChI=1S/C12H9Cl2NO4S/c13-7-1-3-11(9(14)5-7)19-12-4-2-8(6-10(12)15)20(16,17)18/h1-6H,15H2,(H,16,17,18). The summed E-state index contributed by atoms with van der Waals surface area (Å²) in [7, 11) is -4.31. The van der Waals surface area contributed by atoms with E-state index in [1.165, 1.54) is 18.2 Å². The van der Waals surface area contributed by atoms with E-state index in [0.29, 0.717) is 10.8 Å². The van der Waals surface area contributed by atoms with Crippen LogP contribution in [-0.4, -0.2) is 13.0 Å². The molecule has 20 heavy (non-hydrogen) atoms. The first-order valence-corrected chi connectivity index (χ1v) is 7.47. The van der Waals surface area contributed by atoms with E-state index in [1.807, 2.05) is 0 Å². The summed E-state index contributed by atoms with van der Waals surface area (Å²) in [6, 6.07) is 8.23. The van der Waals surface area contributed by atoms with Crippen molar-refractivity contribution >= 4 is 39.0 Å². The van der Waals surface area contributed by atoms with Crippen molar-refractivity contribution in [1.29, 1.82) is 0 Å². The third-order valence-corrected chi connectivity index (χ3v) is 3.77. The van der Waals surface area contributed by atoms with Gasteiger partial charge in [0.25, 0.3) is 10.1 Å². The van der Waals surface area contributed by atoms with Crippen molar-refractivity contribution < 1.29 is 17.7 Å². The minimum Gasteiger partial charge on any atom is -0.454 e. The fourth-order valence-corrected chi connectivity index (χ4v) is 2.42. The Bertz CT molecular complexity index is 762. The number of benzene rings is 2. The molecular formula is C12H9Cl2NO4S. The number of ether oxygens (including phenoxy) is 1. The molecule has 2 aromatic carbocycles. The predicted octanol–water partition coefficient (Wildman–Crippen LogP) is 3.61. The van der Waals surface area contributed by atoms with Crippen molar-refractivity contribution in [3.05, 3.63) is 46.4 Å². The zero-order valence-electron chi connectivity index (χ0n) is 9.88. The number of hydrogen-bond donors (Lipinski definition) is 2. The molecule has 0 aliphatic heterocycles. The molecule has 0 spiro atoms. The normalized spacial score (nSPS) is 11.3. The van der Waals surface area contributed by atoms with Gasteiger partial charge in [-0.1, -0.05) is 23.2 Å². The quantitative estimate of drug-likeness (QED) is 0.661. The van der Waals surface area contributed by atoms with E-state index >= 15 is 0 Å². The van der Waals surface area contributed by atoms with Gasteiger partial charge in [0.1, 0.15) is 11.5 Å². The summed E-state index contributed by atoms with van der Waals surface area (Å²) >= 11 is 11.7. The number of nitrogen functional groups attached to an aromatic ring is 1. The molecule has 2 rings (SSSR count). The smallest absolute Gasteiger partial charge is 0.294 e. The van der Waals surface area contributed by atoms with Crippen molar-refractivity contribution in [2.75, 3.05) is 5.73 Å². The highest BCUT2D eigenvalue weighted by Crippen LogP contribution is 2.34. The monoisotopic (exact) mass is 333 g/mol. The summed E-state index contributed by atoms with van der Waals surface area (Å²) in [5.41, 5.74) is 5.72. The summed E-state index contributed by atoms with van der Waals surface area (Å²) in [5, 5.41) is 0.743. The van der Waals surface area contributed by atoms with E-state index in [1.54, 1.807) is 12.1 Å². The third-order valence-electron chi connectivity index (χ3n) is 2.39. The first-order valence-electron chi connectivity index (χ1n) is 5.27. The number of hydrogen-bond acceptors (Lipinski definition) is 4. The topological polar surface area (TPSA) is 89.6 Å². The minimum absolute atomic E-state index is 0.0474. The van der Waals surface area contributed by atoms with E-state index in [9.17, 15) is 8.42 Å². The second-order valence-corrected chi connectivity index (χ2v) is 6.12. The Morgan fingerprint density at radius 1 is 1.05 bits per heavy atom. The van der Waals surface area contributed by atoms with Gasteiger partial charge in [-0.15, -0.1) is 0 Å². The molecule has 0 aromatic heterocycles. The number of rotatable bonds is 3. The van der Waals surface area contributed by atoms with Crippen molar-refractivity contribution in [2.45, 2.75) is 4.90 Å². The van der Waals surface area contributed by atoms with Crippen molar-refractivity contribution in [2.24, 2.45) is 0 Å². The van der Waals surface area contributed by atoms with Crippen LogP contribution in [0.5, 0.6) is 11.5 Å². The van der Waals surface area contributed by atoms with Gasteiger partial charge in [-0.3, -0.25) is 4.55 Å². The fraction of sp³-hybridized carbons (Fsp3) is 0. The maximum absolute atomic E-state index is 11.0. The van der Waals surface area contributed by atoms with Crippen molar-refractivity contribution in [3.8, 4) is 11.5 Å². The summed E-state index contributed by atoms with van der Waals surface area (Å²) in [4.78, 5) is -0.315. The van der Waals surface area contributed by atoms with Gasteiger partial charge in [0.05, 0.1) is 15.6 Å². The van der Waals surface area contributed by atoms with E-state index in [0.717, 1.165) is 6.07 Å². The molecule has 3 N–H and O–H groups in total. The molecule has 0 aliphatic rings. The Hall–Kier alpha value is -1.47. The molecule has 2 aromatic rings. The lowest BCUT2D eigenvalue weighted by Gasteiger charge is -2.10. The first kappa shape index (κ1) is 14.9. The maximum atomic E-state index is 11.0. The molecule has 0 aliphatic carbocycles. The van der Waals surface area contributed by atoms with Gasteiger partial charge in [0, 0.05) is 5.02 Å². The molecule has 0 amide bonds. The first-order chi connectivity index (χ1) is 9.27. The summed E-state index contributed by atoms with van der Waals surface area (Å²) < 4.78 is 36.3. The zero-order chi connectivity index (χ0) is 14.9. The number of halogens is 2. The van der Waals surface area contributed by atoms with Gasteiger partial charge in [-0.2, -0.15) is 8.42 Å². The third kappa shape index (κ3) is 3.34. The zero-order valence-corrected chi connectivity index (χ0v) is 12.2. The van der Waals surface area contributed by atoms with Gasteiger partial charge < -0.3 is 10.5 Å². The second kappa shape index (κ2) is 5.49. The molecule has 0 radical (unpaired) electrons. The van der Waals surface area contributed by atoms with E-state index in [-0.39, 0.29) is 21.4 Å². The van der Waals surface area contributed by atoms with Crippen LogP contribution in [0.15, 0.2) is 41.3 Å². The maximum Gasteiger partial charge on any atom is 0.294 e.